The van der Waals surface area contributed by atoms with Crippen molar-refractivity contribution in [2.75, 3.05) is 18.5 Å². The van der Waals surface area contributed by atoms with Crippen molar-refractivity contribution >= 4 is 38.5 Å². The van der Waals surface area contributed by atoms with Crippen LogP contribution in [0.1, 0.15) is 29.8 Å². The number of amides is 2. The SMILES string of the molecule is Cc1cccc(C(=O)N[C@@H](C(=O)Nc2nc3cc4c(cc3s2)OCCO4)C(C)C)c1. The molecule has 8 heteroatoms. The molecule has 30 heavy (non-hydrogen) atoms. The van der Waals surface area contributed by atoms with E-state index in [1.54, 1.807) is 12.1 Å². The van der Waals surface area contributed by atoms with Gasteiger partial charge in [-0.2, -0.15) is 0 Å². The molecule has 1 aliphatic heterocycles. The Morgan fingerprint density at radius 3 is 2.53 bits per heavy atom. The minimum atomic E-state index is -0.690. The van der Waals surface area contributed by atoms with Crippen molar-refractivity contribution in [2.45, 2.75) is 26.8 Å². The van der Waals surface area contributed by atoms with Crippen LogP contribution in [-0.2, 0) is 4.79 Å². The number of nitrogens with zero attached hydrogens (tertiary/aromatic N) is 1. The van der Waals surface area contributed by atoms with E-state index in [9.17, 15) is 9.59 Å². The molecule has 2 heterocycles. The van der Waals surface area contributed by atoms with E-state index in [1.165, 1.54) is 11.3 Å². The smallest absolute Gasteiger partial charge is 0.251 e. The predicted octanol–water partition coefficient (Wildman–Crippen LogP) is 3.77. The van der Waals surface area contributed by atoms with Gasteiger partial charge >= 0.3 is 0 Å². The van der Waals surface area contributed by atoms with Crippen molar-refractivity contribution in [1.29, 1.82) is 0 Å². The van der Waals surface area contributed by atoms with Gasteiger partial charge in [-0.3, -0.25) is 9.59 Å². The third-order valence-electron chi connectivity index (χ3n) is 4.80. The Hall–Kier alpha value is -3.13. The van der Waals surface area contributed by atoms with Gasteiger partial charge in [0.05, 0.1) is 10.2 Å². The molecule has 0 saturated carbocycles. The number of anilines is 1. The average molecular weight is 426 g/mol. The first-order valence-corrected chi connectivity index (χ1v) is 10.6. The number of thiazole rings is 1. The fourth-order valence-corrected chi connectivity index (χ4v) is 4.13. The fourth-order valence-electron chi connectivity index (χ4n) is 3.25. The lowest BCUT2D eigenvalue weighted by Gasteiger charge is -2.21. The predicted molar refractivity (Wildman–Crippen MR) is 117 cm³/mol. The number of carbonyl (C=O) groups is 2. The maximum Gasteiger partial charge on any atom is 0.251 e. The van der Waals surface area contributed by atoms with Gasteiger partial charge in [-0.05, 0) is 25.0 Å². The summed E-state index contributed by atoms with van der Waals surface area (Å²) in [4.78, 5) is 30.0. The normalized spacial score (nSPS) is 13.9. The first-order valence-electron chi connectivity index (χ1n) is 9.79. The molecule has 4 rings (SSSR count). The Kier molecular flexibility index (Phi) is 5.59. The van der Waals surface area contributed by atoms with Crippen LogP contribution in [0.15, 0.2) is 36.4 Å². The number of aryl methyl sites for hydroxylation is 1. The minimum absolute atomic E-state index is 0.0951. The molecule has 1 aromatic heterocycles. The van der Waals surface area contributed by atoms with E-state index >= 15 is 0 Å². The van der Waals surface area contributed by atoms with Crippen LogP contribution in [0.5, 0.6) is 11.5 Å². The zero-order valence-corrected chi connectivity index (χ0v) is 17.8. The van der Waals surface area contributed by atoms with Crippen molar-refractivity contribution < 1.29 is 19.1 Å². The van der Waals surface area contributed by atoms with Gasteiger partial charge in [-0.1, -0.05) is 42.9 Å². The maximum absolute atomic E-state index is 12.9. The lowest BCUT2D eigenvalue weighted by molar-refractivity contribution is -0.118. The number of fused-ring (bicyclic) bond motifs is 2. The van der Waals surface area contributed by atoms with Crippen molar-refractivity contribution in [3.05, 3.63) is 47.5 Å². The van der Waals surface area contributed by atoms with Gasteiger partial charge < -0.3 is 20.1 Å². The van der Waals surface area contributed by atoms with Crippen LogP contribution in [0.3, 0.4) is 0 Å². The topological polar surface area (TPSA) is 89.6 Å². The summed E-state index contributed by atoms with van der Waals surface area (Å²) in [7, 11) is 0. The van der Waals surface area contributed by atoms with Gasteiger partial charge in [0.25, 0.3) is 5.91 Å². The fraction of sp³-hybridized carbons (Fsp3) is 0.318. The molecule has 2 N–H and O–H groups in total. The number of nitrogens with one attached hydrogen (secondary N) is 2. The molecule has 0 aliphatic carbocycles. The number of rotatable bonds is 5. The average Bonchev–Trinajstić information content (AvgIpc) is 3.10. The van der Waals surface area contributed by atoms with Crippen LogP contribution < -0.4 is 20.1 Å². The van der Waals surface area contributed by atoms with E-state index < -0.39 is 6.04 Å². The molecule has 156 valence electrons. The van der Waals surface area contributed by atoms with Crippen molar-refractivity contribution in [1.82, 2.24) is 10.3 Å². The minimum Gasteiger partial charge on any atom is -0.486 e. The highest BCUT2D eigenvalue weighted by molar-refractivity contribution is 7.22. The number of hydrogen-bond acceptors (Lipinski definition) is 6. The molecule has 0 bridgehead atoms. The van der Waals surface area contributed by atoms with Crippen molar-refractivity contribution in [3.63, 3.8) is 0 Å². The molecule has 7 nitrogen and oxygen atoms in total. The molecular weight excluding hydrogens is 402 g/mol. The largest absolute Gasteiger partial charge is 0.486 e. The molecule has 0 spiro atoms. The molecule has 2 amide bonds. The molecule has 3 aromatic rings. The van der Waals surface area contributed by atoms with Gasteiger partial charge in [0.2, 0.25) is 5.91 Å². The molecule has 0 unspecified atom stereocenters. The summed E-state index contributed by atoms with van der Waals surface area (Å²) < 4.78 is 12.1. The van der Waals surface area contributed by atoms with Gasteiger partial charge in [0.15, 0.2) is 16.6 Å². The lowest BCUT2D eigenvalue weighted by atomic mass is 10.0. The Balaban J connectivity index is 1.51. The van der Waals surface area contributed by atoms with Gasteiger partial charge in [0, 0.05) is 17.7 Å². The first kappa shape index (κ1) is 20.2. The summed E-state index contributed by atoms with van der Waals surface area (Å²) in [6, 6.07) is 10.3. The monoisotopic (exact) mass is 425 g/mol. The maximum atomic E-state index is 12.9. The molecule has 1 aliphatic rings. The van der Waals surface area contributed by atoms with Crippen molar-refractivity contribution in [3.8, 4) is 11.5 Å². The molecule has 0 radical (unpaired) electrons. The number of carbonyl (C=O) groups excluding carboxylic acids is 2. The van der Waals surface area contributed by atoms with E-state index in [-0.39, 0.29) is 17.7 Å². The quantitative estimate of drug-likeness (QED) is 0.650. The standard InChI is InChI=1S/C22H23N3O4S/c1-12(2)19(24-20(26)14-6-4-5-13(3)9-14)21(27)25-22-23-15-10-16-17(11-18(15)30-22)29-8-7-28-16/h4-6,9-12,19H,7-8H2,1-3H3,(H,24,26)(H,23,25,27)/t19-/m1/s1. The summed E-state index contributed by atoms with van der Waals surface area (Å²) in [5.74, 6) is 0.659. The first-order chi connectivity index (χ1) is 14.4. The molecule has 1 atom stereocenters. The third kappa shape index (κ3) is 4.23. The highest BCUT2D eigenvalue weighted by Crippen LogP contribution is 2.37. The Labute approximate surface area is 178 Å². The van der Waals surface area contributed by atoms with Gasteiger partial charge in [0.1, 0.15) is 19.3 Å². The number of benzene rings is 2. The van der Waals surface area contributed by atoms with Crippen LogP contribution in [0, 0.1) is 12.8 Å². The van der Waals surface area contributed by atoms with Crippen LogP contribution in [0.4, 0.5) is 5.13 Å². The van der Waals surface area contributed by atoms with Gasteiger partial charge in [-0.15, -0.1) is 0 Å². The van der Waals surface area contributed by atoms with E-state index in [2.05, 4.69) is 15.6 Å². The second kappa shape index (κ2) is 8.31. The molecular formula is C22H23N3O4S. The summed E-state index contributed by atoms with van der Waals surface area (Å²) in [5, 5.41) is 6.15. The summed E-state index contributed by atoms with van der Waals surface area (Å²) in [6.45, 7) is 6.72. The van der Waals surface area contributed by atoms with Crippen LogP contribution in [0.25, 0.3) is 10.2 Å². The Morgan fingerprint density at radius 1 is 1.10 bits per heavy atom. The van der Waals surface area contributed by atoms with E-state index in [0.29, 0.717) is 35.4 Å². The van der Waals surface area contributed by atoms with E-state index in [1.807, 2.05) is 45.0 Å². The van der Waals surface area contributed by atoms with Crippen molar-refractivity contribution in [2.24, 2.45) is 5.92 Å². The van der Waals surface area contributed by atoms with Crippen LogP contribution in [-0.4, -0.2) is 36.1 Å². The second-order valence-electron chi connectivity index (χ2n) is 7.54. The lowest BCUT2D eigenvalue weighted by Crippen LogP contribution is -2.47. The summed E-state index contributed by atoms with van der Waals surface area (Å²) in [6.07, 6.45) is 0. The Bertz CT molecular complexity index is 1070. The summed E-state index contributed by atoms with van der Waals surface area (Å²) in [5.41, 5.74) is 2.24. The molecule has 2 aromatic carbocycles. The second-order valence-corrected chi connectivity index (χ2v) is 8.57. The summed E-state index contributed by atoms with van der Waals surface area (Å²) >= 11 is 1.35. The highest BCUT2D eigenvalue weighted by atomic mass is 32.1. The van der Waals surface area contributed by atoms with Crippen LogP contribution in [0.2, 0.25) is 0 Å². The van der Waals surface area contributed by atoms with Gasteiger partial charge in [-0.25, -0.2) is 4.98 Å². The van der Waals surface area contributed by atoms with E-state index in [4.69, 9.17) is 9.47 Å². The number of ether oxygens (including phenoxy) is 2. The van der Waals surface area contributed by atoms with E-state index in [0.717, 1.165) is 15.8 Å². The molecule has 0 saturated heterocycles. The number of hydrogen-bond donors (Lipinski definition) is 2. The zero-order chi connectivity index (χ0) is 21.3. The molecule has 0 fully saturated rings. The third-order valence-corrected chi connectivity index (χ3v) is 5.73. The highest BCUT2D eigenvalue weighted by Gasteiger charge is 2.26. The zero-order valence-electron chi connectivity index (χ0n) is 17.0. The Morgan fingerprint density at radius 2 is 1.83 bits per heavy atom. The number of aromatic nitrogens is 1. The van der Waals surface area contributed by atoms with Crippen LogP contribution >= 0.6 is 11.3 Å².